The summed E-state index contributed by atoms with van der Waals surface area (Å²) in [6, 6.07) is 0. The second-order valence-corrected chi connectivity index (χ2v) is 1.35. The Balaban J connectivity index is -0.0000000800. The van der Waals surface area contributed by atoms with Gasteiger partial charge in [-0.3, -0.25) is 0 Å². The van der Waals surface area contributed by atoms with Gasteiger partial charge in [-0.1, -0.05) is 33.1 Å². The first kappa shape index (κ1) is 15.8. The summed E-state index contributed by atoms with van der Waals surface area (Å²) in [7, 11) is 0. The fourth-order valence-electron chi connectivity index (χ4n) is 0.354. The first-order valence-electron chi connectivity index (χ1n) is 2.41. The van der Waals surface area contributed by atoms with E-state index in [9.17, 15) is 0 Å². The molecule has 0 aliphatic carbocycles. The normalized spacial score (nSPS) is 6.00. The van der Waals surface area contributed by atoms with Gasteiger partial charge in [0.15, 0.2) is 0 Å². The van der Waals surface area contributed by atoms with Crippen LogP contribution in [0.5, 0.6) is 0 Å². The molecule has 0 N–H and O–H groups in total. The van der Waals surface area contributed by atoms with Gasteiger partial charge in [-0.15, -0.1) is 0 Å². The summed E-state index contributed by atoms with van der Waals surface area (Å²) in [5.41, 5.74) is 0. The molecule has 0 spiro atoms. The van der Waals surface area contributed by atoms with Crippen molar-refractivity contribution < 1.29 is 0 Å². The maximum atomic E-state index is 2.21. The van der Waals surface area contributed by atoms with Crippen LogP contribution in [0.4, 0.5) is 0 Å². The van der Waals surface area contributed by atoms with Crippen LogP contribution < -0.4 is 0 Å². The van der Waals surface area contributed by atoms with Crippen LogP contribution in [-0.2, 0) is 0 Å². The van der Waals surface area contributed by atoms with E-state index in [1.54, 1.807) is 0 Å². The van der Waals surface area contributed by atoms with Gasteiger partial charge in [0, 0.05) is 0 Å². The molecule has 0 amide bonds. The fraction of sp³-hybridized carbons (Fsp3) is 1.00. The molecule has 0 atom stereocenters. The topological polar surface area (TPSA) is 0 Å². The van der Waals surface area contributed by atoms with Crippen LogP contribution >= 0.6 is 0 Å². The van der Waals surface area contributed by atoms with Crippen molar-refractivity contribution in [3.8, 4) is 0 Å². The molecular weight excluding hydrogens is 297 g/mol. The van der Waals surface area contributed by atoms with Gasteiger partial charge in [-0.05, 0) is 0 Å². The van der Waals surface area contributed by atoms with Crippen LogP contribution in [0.2, 0.25) is 0 Å². The molecule has 0 aromatic carbocycles. The molecule has 0 nitrogen and oxygen atoms in total. The predicted molar refractivity (Wildman–Crippen MR) is 47.9 cm³/mol. The Bertz CT molecular complexity index is 13.6. The molecule has 0 radical (unpaired) electrons. The van der Waals surface area contributed by atoms with Crippen molar-refractivity contribution in [2.45, 2.75) is 33.1 Å². The third kappa shape index (κ3) is 18.4. The molecule has 2 heteroatoms. The molecule has 0 aromatic heterocycles. The molecule has 48 valence electrons. The van der Waals surface area contributed by atoms with Crippen molar-refractivity contribution in [1.29, 1.82) is 0 Å². The molecule has 0 aromatic rings. The summed E-state index contributed by atoms with van der Waals surface area (Å²) in [6.45, 7) is 4.42. The average Bonchev–Trinajstić information content (AvgIpc) is 1.41. The van der Waals surface area contributed by atoms with Gasteiger partial charge in [0.25, 0.3) is 0 Å². The number of hydrogen-bond acceptors (Lipinski definition) is 0. The molecule has 0 bridgehead atoms. The zero-order valence-electron chi connectivity index (χ0n) is 4.12. The van der Waals surface area contributed by atoms with Gasteiger partial charge >= 0.3 is 47.8 Å². The Kier molecular flexibility index (Phi) is 35.4. The fourth-order valence-corrected chi connectivity index (χ4v) is 0.354. The van der Waals surface area contributed by atoms with Crippen molar-refractivity contribution in [3.63, 3.8) is 0 Å². The third-order valence-corrected chi connectivity index (χ3v) is 0.707. The van der Waals surface area contributed by atoms with Crippen LogP contribution in [-0.4, -0.2) is 47.8 Å². The Morgan fingerprint density at radius 1 is 0.857 bits per heavy atom. The van der Waals surface area contributed by atoms with E-state index in [4.69, 9.17) is 0 Å². The maximum absolute atomic E-state index is 2.21. The first-order chi connectivity index (χ1) is 2.41. The Morgan fingerprint density at radius 2 is 1.14 bits per heavy atom. The summed E-state index contributed by atoms with van der Waals surface area (Å²) in [4.78, 5) is 0. The first-order valence-corrected chi connectivity index (χ1v) is 2.41. The molecule has 7 heavy (non-hydrogen) atoms. The van der Waals surface area contributed by atoms with E-state index in [2.05, 4.69) is 13.8 Å². The van der Waals surface area contributed by atoms with E-state index in [0.29, 0.717) is 0 Å². The van der Waals surface area contributed by atoms with E-state index in [-0.39, 0.29) is 47.8 Å². The van der Waals surface area contributed by atoms with Crippen molar-refractivity contribution in [3.05, 3.63) is 0 Å². The van der Waals surface area contributed by atoms with E-state index in [1.165, 1.54) is 19.3 Å². The van der Waals surface area contributed by atoms with Crippen LogP contribution in [0, 0.1) is 0 Å². The van der Waals surface area contributed by atoms with Crippen LogP contribution in [0.25, 0.3) is 0 Å². The molecule has 0 aliphatic rings. The van der Waals surface area contributed by atoms with Crippen molar-refractivity contribution in [1.82, 2.24) is 0 Å². The number of hydrogen-bond donors (Lipinski definition) is 0. The summed E-state index contributed by atoms with van der Waals surface area (Å²) in [5.74, 6) is 0. The zero-order valence-corrected chi connectivity index (χ0v) is 4.12. The second kappa shape index (κ2) is 15.6. The van der Waals surface area contributed by atoms with Gasteiger partial charge in [0.1, 0.15) is 0 Å². The Hall–Kier alpha value is 1.60. The molecule has 0 heterocycles. The third-order valence-electron chi connectivity index (χ3n) is 0.707. The van der Waals surface area contributed by atoms with E-state index < -0.39 is 0 Å². The molecular formula is C5H20Sn2. The second-order valence-electron chi connectivity index (χ2n) is 1.35. The molecule has 0 fully saturated rings. The van der Waals surface area contributed by atoms with Gasteiger partial charge in [0.2, 0.25) is 0 Å². The monoisotopic (exact) mass is 320 g/mol. The summed E-state index contributed by atoms with van der Waals surface area (Å²) < 4.78 is 0. The number of unbranched alkanes of at least 4 members (excludes halogenated alkanes) is 2. The number of rotatable bonds is 2. The standard InChI is InChI=1S/C5H12.2Sn.8H/c1-3-5-4-2;;;;;;;;;;/h3-5H2,1-2H3;;;;;;;;;;. The zero-order chi connectivity index (χ0) is 4.12. The van der Waals surface area contributed by atoms with Gasteiger partial charge in [-0.25, -0.2) is 0 Å². The van der Waals surface area contributed by atoms with Gasteiger partial charge < -0.3 is 0 Å². The Morgan fingerprint density at radius 3 is 1.14 bits per heavy atom. The average molecular weight is 318 g/mol. The SMILES string of the molecule is CCCCC.[SnH4].[SnH4]. The van der Waals surface area contributed by atoms with Crippen LogP contribution in [0.1, 0.15) is 33.1 Å². The van der Waals surface area contributed by atoms with E-state index in [0.717, 1.165) is 0 Å². The minimum absolute atomic E-state index is 0. The van der Waals surface area contributed by atoms with Crippen molar-refractivity contribution in [2.24, 2.45) is 0 Å². The summed E-state index contributed by atoms with van der Waals surface area (Å²) in [5, 5.41) is 0. The van der Waals surface area contributed by atoms with Gasteiger partial charge in [-0.2, -0.15) is 0 Å². The quantitative estimate of drug-likeness (QED) is 0.591. The molecule has 0 rings (SSSR count). The Labute approximate surface area is 80.4 Å². The molecule has 0 unspecified atom stereocenters. The van der Waals surface area contributed by atoms with Crippen molar-refractivity contribution in [2.75, 3.05) is 0 Å². The minimum atomic E-state index is 0. The molecule has 0 aliphatic heterocycles. The summed E-state index contributed by atoms with van der Waals surface area (Å²) >= 11 is 0. The summed E-state index contributed by atoms with van der Waals surface area (Å²) in [6.07, 6.45) is 4.08. The predicted octanol–water partition coefficient (Wildman–Crippen LogP) is -0.707. The van der Waals surface area contributed by atoms with Crippen LogP contribution in [0.3, 0.4) is 0 Å². The molecule has 0 saturated heterocycles. The van der Waals surface area contributed by atoms with E-state index >= 15 is 0 Å². The van der Waals surface area contributed by atoms with Crippen LogP contribution in [0.15, 0.2) is 0 Å². The van der Waals surface area contributed by atoms with Crippen molar-refractivity contribution >= 4 is 47.8 Å². The molecule has 0 saturated carbocycles. The van der Waals surface area contributed by atoms with E-state index in [1.807, 2.05) is 0 Å². The van der Waals surface area contributed by atoms with Gasteiger partial charge in [0.05, 0.1) is 0 Å².